The van der Waals surface area contributed by atoms with E-state index < -0.39 is 5.97 Å². The molecule has 0 aliphatic carbocycles. The topological polar surface area (TPSA) is 46.5 Å². The zero-order valence-corrected chi connectivity index (χ0v) is 11.5. The van der Waals surface area contributed by atoms with Crippen LogP contribution in [0.2, 0.25) is 0 Å². The van der Waals surface area contributed by atoms with Crippen molar-refractivity contribution >= 4 is 21.9 Å². The SMILES string of the molecule is CC(C)=CCCOc1ccc(Br)c(C(=O)O)c1. The van der Waals surface area contributed by atoms with Gasteiger partial charge in [0.15, 0.2) is 0 Å². The Labute approximate surface area is 109 Å². The van der Waals surface area contributed by atoms with Gasteiger partial charge in [0.05, 0.1) is 12.2 Å². The number of carboxylic acid groups (broad SMARTS) is 1. The molecular weight excluding hydrogens is 284 g/mol. The smallest absolute Gasteiger partial charge is 0.336 e. The number of aromatic carboxylic acids is 1. The molecule has 0 saturated heterocycles. The number of benzene rings is 1. The van der Waals surface area contributed by atoms with Gasteiger partial charge in [-0.1, -0.05) is 11.6 Å². The molecule has 0 fully saturated rings. The Morgan fingerprint density at radius 3 is 2.76 bits per heavy atom. The van der Waals surface area contributed by atoms with Crippen LogP contribution < -0.4 is 4.74 Å². The van der Waals surface area contributed by atoms with Crippen LogP contribution >= 0.6 is 15.9 Å². The first-order valence-electron chi connectivity index (χ1n) is 5.29. The molecule has 3 nitrogen and oxygen atoms in total. The van der Waals surface area contributed by atoms with Gasteiger partial charge in [0, 0.05) is 4.47 Å². The Morgan fingerprint density at radius 2 is 2.18 bits per heavy atom. The summed E-state index contributed by atoms with van der Waals surface area (Å²) < 4.78 is 6.03. The van der Waals surface area contributed by atoms with Gasteiger partial charge in [-0.15, -0.1) is 0 Å². The van der Waals surface area contributed by atoms with Gasteiger partial charge in [0.2, 0.25) is 0 Å². The Bertz CT molecular complexity index is 434. The third kappa shape index (κ3) is 4.61. The van der Waals surface area contributed by atoms with E-state index in [0.29, 0.717) is 16.8 Å². The molecule has 0 heterocycles. The molecule has 0 aliphatic heterocycles. The summed E-state index contributed by atoms with van der Waals surface area (Å²) >= 11 is 3.19. The summed E-state index contributed by atoms with van der Waals surface area (Å²) in [7, 11) is 0. The molecule has 1 aromatic rings. The fraction of sp³-hybridized carbons (Fsp3) is 0.308. The number of carboxylic acids is 1. The van der Waals surface area contributed by atoms with Crippen LogP contribution in [-0.4, -0.2) is 17.7 Å². The number of hydrogen-bond acceptors (Lipinski definition) is 2. The van der Waals surface area contributed by atoms with Crippen molar-refractivity contribution in [1.82, 2.24) is 0 Å². The molecule has 0 unspecified atom stereocenters. The number of allylic oxidation sites excluding steroid dienone is 1. The average molecular weight is 299 g/mol. The number of carbonyl (C=O) groups is 1. The summed E-state index contributed by atoms with van der Waals surface area (Å²) in [5.41, 5.74) is 1.46. The molecule has 1 rings (SSSR count). The van der Waals surface area contributed by atoms with E-state index in [1.807, 2.05) is 13.8 Å². The Kier molecular flexibility index (Phi) is 5.22. The van der Waals surface area contributed by atoms with Gasteiger partial charge < -0.3 is 9.84 Å². The second kappa shape index (κ2) is 6.45. The molecule has 4 heteroatoms. The maximum Gasteiger partial charge on any atom is 0.336 e. The number of halogens is 1. The van der Waals surface area contributed by atoms with Gasteiger partial charge in [0.1, 0.15) is 5.75 Å². The van der Waals surface area contributed by atoms with Gasteiger partial charge in [-0.3, -0.25) is 0 Å². The minimum atomic E-state index is -0.966. The lowest BCUT2D eigenvalue weighted by atomic mass is 10.2. The fourth-order valence-electron chi connectivity index (χ4n) is 1.28. The Hall–Kier alpha value is -1.29. The normalized spacial score (nSPS) is 9.82. The Balaban J connectivity index is 2.63. The van der Waals surface area contributed by atoms with Crippen molar-refractivity contribution in [2.24, 2.45) is 0 Å². The van der Waals surface area contributed by atoms with Crippen molar-refractivity contribution < 1.29 is 14.6 Å². The van der Waals surface area contributed by atoms with Crippen molar-refractivity contribution in [3.63, 3.8) is 0 Å². The minimum Gasteiger partial charge on any atom is -0.493 e. The van der Waals surface area contributed by atoms with Gasteiger partial charge >= 0.3 is 5.97 Å². The lowest BCUT2D eigenvalue weighted by molar-refractivity contribution is 0.0695. The van der Waals surface area contributed by atoms with Crippen molar-refractivity contribution in [3.8, 4) is 5.75 Å². The van der Waals surface area contributed by atoms with E-state index in [0.717, 1.165) is 6.42 Å². The van der Waals surface area contributed by atoms with Crippen molar-refractivity contribution in [1.29, 1.82) is 0 Å². The molecular formula is C13H15BrO3. The van der Waals surface area contributed by atoms with Crippen molar-refractivity contribution in [2.45, 2.75) is 20.3 Å². The van der Waals surface area contributed by atoms with E-state index >= 15 is 0 Å². The van der Waals surface area contributed by atoms with Crippen LogP contribution in [0.1, 0.15) is 30.6 Å². The van der Waals surface area contributed by atoms with Crippen LogP contribution in [0.3, 0.4) is 0 Å². The molecule has 0 radical (unpaired) electrons. The van der Waals surface area contributed by atoms with E-state index in [2.05, 4.69) is 22.0 Å². The highest BCUT2D eigenvalue weighted by molar-refractivity contribution is 9.10. The zero-order chi connectivity index (χ0) is 12.8. The summed E-state index contributed by atoms with van der Waals surface area (Å²) in [6.45, 7) is 4.61. The third-order valence-corrected chi connectivity index (χ3v) is 2.80. The molecule has 0 atom stereocenters. The lowest BCUT2D eigenvalue weighted by Crippen LogP contribution is -2.01. The van der Waals surface area contributed by atoms with Crippen molar-refractivity contribution in [2.75, 3.05) is 6.61 Å². The number of rotatable bonds is 5. The van der Waals surface area contributed by atoms with E-state index in [1.54, 1.807) is 12.1 Å². The fourth-order valence-corrected chi connectivity index (χ4v) is 1.70. The molecule has 0 amide bonds. The van der Waals surface area contributed by atoms with Crippen LogP contribution in [0.5, 0.6) is 5.75 Å². The van der Waals surface area contributed by atoms with Crippen LogP contribution in [0, 0.1) is 0 Å². The molecule has 92 valence electrons. The van der Waals surface area contributed by atoms with Crippen LogP contribution in [-0.2, 0) is 0 Å². The molecule has 1 N–H and O–H groups in total. The quantitative estimate of drug-likeness (QED) is 0.663. The van der Waals surface area contributed by atoms with E-state index in [-0.39, 0.29) is 5.56 Å². The molecule has 0 spiro atoms. The zero-order valence-electron chi connectivity index (χ0n) is 9.87. The summed E-state index contributed by atoms with van der Waals surface area (Å²) in [5.74, 6) is -0.389. The highest BCUT2D eigenvalue weighted by Gasteiger charge is 2.09. The summed E-state index contributed by atoms with van der Waals surface area (Å²) in [6, 6.07) is 4.95. The van der Waals surface area contributed by atoms with Gasteiger partial charge in [-0.05, 0) is 54.4 Å². The van der Waals surface area contributed by atoms with E-state index in [9.17, 15) is 4.79 Å². The summed E-state index contributed by atoms with van der Waals surface area (Å²) in [6.07, 6.45) is 2.90. The van der Waals surface area contributed by atoms with Crippen molar-refractivity contribution in [3.05, 3.63) is 39.9 Å². The first-order chi connectivity index (χ1) is 8.00. The first kappa shape index (κ1) is 13.8. The predicted molar refractivity (Wildman–Crippen MR) is 70.6 cm³/mol. The van der Waals surface area contributed by atoms with E-state index in [1.165, 1.54) is 11.6 Å². The Morgan fingerprint density at radius 1 is 1.47 bits per heavy atom. The number of ether oxygens (including phenoxy) is 1. The molecule has 0 bridgehead atoms. The minimum absolute atomic E-state index is 0.213. The maximum atomic E-state index is 10.9. The standard InChI is InChI=1S/C13H15BrO3/c1-9(2)4-3-7-17-10-5-6-12(14)11(8-10)13(15)16/h4-6,8H,3,7H2,1-2H3,(H,15,16). The predicted octanol–water partition coefficient (Wildman–Crippen LogP) is 3.88. The van der Waals surface area contributed by atoms with Gasteiger partial charge in [0.25, 0.3) is 0 Å². The number of hydrogen-bond donors (Lipinski definition) is 1. The maximum absolute atomic E-state index is 10.9. The van der Waals surface area contributed by atoms with Crippen LogP contribution in [0.25, 0.3) is 0 Å². The second-order valence-electron chi connectivity index (χ2n) is 3.87. The first-order valence-corrected chi connectivity index (χ1v) is 6.09. The highest BCUT2D eigenvalue weighted by Crippen LogP contribution is 2.22. The molecule has 17 heavy (non-hydrogen) atoms. The van der Waals surface area contributed by atoms with Gasteiger partial charge in [-0.2, -0.15) is 0 Å². The molecule has 0 aromatic heterocycles. The lowest BCUT2D eigenvalue weighted by Gasteiger charge is -2.06. The molecule has 1 aromatic carbocycles. The highest BCUT2D eigenvalue weighted by atomic mass is 79.9. The third-order valence-electron chi connectivity index (χ3n) is 2.11. The summed E-state index contributed by atoms with van der Waals surface area (Å²) in [5, 5.41) is 8.94. The van der Waals surface area contributed by atoms with Crippen LogP contribution in [0.15, 0.2) is 34.3 Å². The molecule has 0 aliphatic rings. The second-order valence-corrected chi connectivity index (χ2v) is 4.72. The summed E-state index contributed by atoms with van der Waals surface area (Å²) in [4.78, 5) is 10.9. The van der Waals surface area contributed by atoms with Gasteiger partial charge in [-0.25, -0.2) is 4.79 Å². The molecule has 0 saturated carbocycles. The monoisotopic (exact) mass is 298 g/mol. The largest absolute Gasteiger partial charge is 0.493 e. The van der Waals surface area contributed by atoms with Crippen LogP contribution in [0.4, 0.5) is 0 Å². The average Bonchev–Trinajstić information content (AvgIpc) is 2.25. The van der Waals surface area contributed by atoms with E-state index in [4.69, 9.17) is 9.84 Å².